The Labute approximate surface area is 125 Å². The summed E-state index contributed by atoms with van der Waals surface area (Å²) in [6.45, 7) is 4.21. The van der Waals surface area contributed by atoms with Gasteiger partial charge in [0.15, 0.2) is 0 Å². The van der Waals surface area contributed by atoms with Gasteiger partial charge in [-0.2, -0.15) is 0 Å². The molecule has 1 aromatic heterocycles. The molecular formula is C18H19N3. The van der Waals surface area contributed by atoms with Gasteiger partial charge in [0.1, 0.15) is 0 Å². The van der Waals surface area contributed by atoms with Crippen molar-refractivity contribution in [1.29, 1.82) is 0 Å². The molecule has 0 bridgehead atoms. The van der Waals surface area contributed by atoms with Crippen molar-refractivity contribution in [3.63, 3.8) is 0 Å². The van der Waals surface area contributed by atoms with Gasteiger partial charge in [0, 0.05) is 5.69 Å². The highest BCUT2D eigenvalue weighted by molar-refractivity contribution is 5.45. The summed E-state index contributed by atoms with van der Waals surface area (Å²) in [7, 11) is 0. The molecule has 2 aromatic carbocycles. The van der Waals surface area contributed by atoms with E-state index in [1.165, 1.54) is 11.1 Å². The number of hydrogen-bond donors (Lipinski definition) is 1. The molecule has 3 nitrogen and oxygen atoms in total. The third-order valence-corrected chi connectivity index (χ3v) is 3.76. The summed E-state index contributed by atoms with van der Waals surface area (Å²) in [6.07, 6.45) is 3.67. The molecule has 0 spiro atoms. The molecule has 2 N–H and O–H groups in total. The third kappa shape index (κ3) is 2.60. The zero-order chi connectivity index (χ0) is 14.8. The highest BCUT2D eigenvalue weighted by Crippen LogP contribution is 2.24. The first-order valence-electron chi connectivity index (χ1n) is 7.07. The van der Waals surface area contributed by atoms with Gasteiger partial charge >= 0.3 is 0 Å². The van der Waals surface area contributed by atoms with Crippen molar-refractivity contribution in [2.24, 2.45) is 5.73 Å². The first kappa shape index (κ1) is 13.6. The van der Waals surface area contributed by atoms with Crippen LogP contribution in [0.25, 0.3) is 5.69 Å². The molecule has 1 heterocycles. The van der Waals surface area contributed by atoms with Crippen molar-refractivity contribution in [1.82, 2.24) is 9.55 Å². The molecule has 3 rings (SSSR count). The van der Waals surface area contributed by atoms with Gasteiger partial charge in [-0.05, 0) is 31.0 Å². The van der Waals surface area contributed by atoms with Gasteiger partial charge in [-0.1, -0.05) is 48.0 Å². The Bertz CT molecular complexity index is 744. The topological polar surface area (TPSA) is 43.8 Å². The Morgan fingerprint density at radius 1 is 1.05 bits per heavy atom. The number of aryl methyl sites for hydroxylation is 2. The van der Waals surface area contributed by atoms with Crippen LogP contribution in [0, 0.1) is 13.8 Å². The second-order valence-electron chi connectivity index (χ2n) is 5.37. The first-order valence-corrected chi connectivity index (χ1v) is 7.07. The number of nitrogens with two attached hydrogens (primary N) is 1. The minimum absolute atomic E-state index is 0.186. The van der Waals surface area contributed by atoms with Gasteiger partial charge in [0.2, 0.25) is 0 Å². The summed E-state index contributed by atoms with van der Waals surface area (Å²) >= 11 is 0. The van der Waals surface area contributed by atoms with E-state index in [4.69, 9.17) is 5.73 Å². The molecule has 106 valence electrons. The Kier molecular flexibility index (Phi) is 3.59. The van der Waals surface area contributed by atoms with E-state index in [9.17, 15) is 0 Å². The SMILES string of the molecule is Cc1ccc(-n2cncc2C(N)c2ccccc2)c(C)c1. The molecule has 1 unspecified atom stereocenters. The smallest absolute Gasteiger partial charge is 0.0994 e. The Balaban J connectivity index is 2.05. The monoisotopic (exact) mass is 277 g/mol. The fourth-order valence-corrected chi connectivity index (χ4v) is 2.64. The maximum absolute atomic E-state index is 6.42. The van der Waals surface area contributed by atoms with E-state index in [1.807, 2.05) is 42.9 Å². The highest BCUT2D eigenvalue weighted by Gasteiger charge is 2.15. The standard InChI is InChI=1S/C18H19N3/c1-13-8-9-16(14(2)10-13)21-12-20-11-17(21)18(19)15-6-4-3-5-7-15/h3-12,18H,19H2,1-2H3. The van der Waals surface area contributed by atoms with Crippen molar-refractivity contribution < 1.29 is 0 Å². The van der Waals surface area contributed by atoms with Crippen molar-refractivity contribution >= 4 is 0 Å². The molecule has 0 saturated carbocycles. The minimum Gasteiger partial charge on any atom is -0.319 e. The van der Waals surface area contributed by atoms with E-state index in [1.54, 1.807) is 0 Å². The lowest BCUT2D eigenvalue weighted by Gasteiger charge is -2.17. The van der Waals surface area contributed by atoms with Crippen molar-refractivity contribution in [3.05, 3.63) is 83.4 Å². The lowest BCUT2D eigenvalue weighted by Crippen LogP contribution is -2.16. The van der Waals surface area contributed by atoms with E-state index < -0.39 is 0 Å². The van der Waals surface area contributed by atoms with Crippen molar-refractivity contribution in [2.45, 2.75) is 19.9 Å². The summed E-state index contributed by atoms with van der Waals surface area (Å²) < 4.78 is 2.08. The summed E-state index contributed by atoms with van der Waals surface area (Å²) in [6, 6.07) is 16.3. The molecule has 0 fully saturated rings. The minimum atomic E-state index is -0.186. The molecule has 0 amide bonds. The Hall–Kier alpha value is -2.39. The number of aromatic nitrogens is 2. The van der Waals surface area contributed by atoms with Gasteiger partial charge < -0.3 is 10.3 Å². The molecule has 0 radical (unpaired) electrons. The van der Waals surface area contributed by atoms with Crippen LogP contribution < -0.4 is 5.73 Å². The lowest BCUT2D eigenvalue weighted by molar-refractivity contribution is 0.791. The van der Waals surface area contributed by atoms with E-state index >= 15 is 0 Å². The lowest BCUT2D eigenvalue weighted by atomic mass is 10.0. The zero-order valence-electron chi connectivity index (χ0n) is 12.3. The summed E-state index contributed by atoms with van der Waals surface area (Å²) in [5.41, 5.74) is 12.1. The summed E-state index contributed by atoms with van der Waals surface area (Å²) in [4.78, 5) is 4.29. The highest BCUT2D eigenvalue weighted by atomic mass is 15.1. The van der Waals surface area contributed by atoms with E-state index in [-0.39, 0.29) is 6.04 Å². The number of benzene rings is 2. The van der Waals surface area contributed by atoms with Gasteiger partial charge in [0.25, 0.3) is 0 Å². The average Bonchev–Trinajstić information content (AvgIpc) is 2.96. The summed E-state index contributed by atoms with van der Waals surface area (Å²) in [5, 5.41) is 0. The van der Waals surface area contributed by atoms with Crippen LogP contribution in [0.15, 0.2) is 61.1 Å². The van der Waals surface area contributed by atoms with Crippen LogP contribution in [0.1, 0.15) is 28.4 Å². The fraction of sp³-hybridized carbons (Fsp3) is 0.167. The van der Waals surface area contributed by atoms with Gasteiger partial charge in [0.05, 0.1) is 24.3 Å². The molecule has 3 aromatic rings. The van der Waals surface area contributed by atoms with Crippen LogP contribution in [-0.4, -0.2) is 9.55 Å². The van der Waals surface area contributed by atoms with Gasteiger partial charge in [-0.15, -0.1) is 0 Å². The van der Waals surface area contributed by atoms with Crippen LogP contribution in [0.3, 0.4) is 0 Å². The number of nitrogens with zero attached hydrogens (tertiary/aromatic N) is 2. The van der Waals surface area contributed by atoms with E-state index in [0.717, 1.165) is 16.9 Å². The second kappa shape index (κ2) is 5.54. The zero-order valence-corrected chi connectivity index (χ0v) is 12.3. The van der Waals surface area contributed by atoms with Crippen LogP contribution in [0.5, 0.6) is 0 Å². The predicted octanol–water partition coefficient (Wildman–Crippen LogP) is 3.54. The van der Waals surface area contributed by atoms with Crippen molar-refractivity contribution in [3.8, 4) is 5.69 Å². The van der Waals surface area contributed by atoms with E-state index in [0.29, 0.717) is 0 Å². The predicted molar refractivity (Wildman–Crippen MR) is 85.5 cm³/mol. The molecule has 1 atom stereocenters. The maximum atomic E-state index is 6.42. The van der Waals surface area contributed by atoms with Crippen LogP contribution in [0.4, 0.5) is 0 Å². The van der Waals surface area contributed by atoms with Gasteiger partial charge in [-0.3, -0.25) is 0 Å². The van der Waals surface area contributed by atoms with Crippen LogP contribution >= 0.6 is 0 Å². The summed E-state index contributed by atoms with van der Waals surface area (Å²) in [5.74, 6) is 0. The number of hydrogen-bond acceptors (Lipinski definition) is 2. The maximum Gasteiger partial charge on any atom is 0.0994 e. The van der Waals surface area contributed by atoms with Gasteiger partial charge in [-0.25, -0.2) is 4.98 Å². The molecule has 3 heteroatoms. The van der Waals surface area contributed by atoms with Crippen LogP contribution in [0.2, 0.25) is 0 Å². The quantitative estimate of drug-likeness (QED) is 0.795. The normalized spacial score (nSPS) is 12.3. The van der Waals surface area contributed by atoms with E-state index in [2.05, 4.69) is 41.6 Å². The molecule has 21 heavy (non-hydrogen) atoms. The van der Waals surface area contributed by atoms with Crippen LogP contribution in [-0.2, 0) is 0 Å². The molecule has 0 aliphatic heterocycles. The number of rotatable bonds is 3. The average molecular weight is 277 g/mol. The molecular weight excluding hydrogens is 258 g/mol. The molecule has 0 aliphatic rings. The van der Waals surface area contributed by atoms with Crippen molar-refractivity contribution in [2.75, 3.05) is 0 Å². The number of imidazole rings is 1. The second-order valence-corrected chi connectivity index (χ2v) is 5.37. The molecule has 0 saturated heterocycles. The molecule has 0 aliphatic carbocycles. The first-order chi connectivity index (χ1) is 10.2. The largest absolute Gasteiger partial charge is 0.319 e. The Morgan fingerprint density at radius 2 is 1.81 bits per heavy atom. The third-order valence-electron chi connectivity index (χ3n) is 3.76. The fourth-order valence-electron chi connectivity index (χ4n) is 2.64. The Morgan fingerprint density at radius 3 is 2.52 bits per heavy atom.